The molecule has 0 saturated heterocycles. The number of fused-ring (bicyclic) bond motifs is 1. The first kappa shape index (κ1) is 14.9. The minimum atomic E-state index is -3.84. The molecule has 1 heterocycles. The quantitative estimate of drug-likeness (QED) is 0.738. The van der Waals surface area contributed by atoms with Gasteiger partial charge in [0.1, 0.15) is 11.0 Å². The van der Waals surface area contributed by atoms with Crippen LogP contribution >= 0.6 is 0 Å². The van der Waals surface area contributed by atoms with Crippen LogP contribution in [0.5, 0.6) is 0 Å². The molecule has 0 spiro atoms. The van der Waals surface area contributed by atoms with Crippen LogP contribution in [0.2, 0.25) is 0 Å². The second-order valence-corrected chi connectivity index (χ2v) is 6.75. The highest BCUT2D eigenvalue weighted by atomic mass is 32.2. The molecule has 0 saturated carbocycles. The minimum absolute atomic E-state index is 0.0238. The summed E-state index contributed by atoms with van der Waals surface area (Å²) in [7, 11) is -2.40. The molecule has 0 bridgehead atoms. The van der Waals surface area contributed by atoms with Gasteiger partial charge in [-0.3, -0.25) is 14.3 Å². The highest BCUT2D eigenvalue weighted by Gasteiger charge is 2.24. The summed E-state index contributed by atoms with van der Waals surface area (Å²) >= 11 is 0. The summed E-state index contributed by atoms with van der Waals surface area (Å²) in [6, 6.07) is 13.0. The Balaban J connectivity index is 2.10. The number of hydrogen-bond donors (Lipinski definition) is 0. The predicted octanol–water partition coefficient (Wildman–Crippen LogP) is 2.33. The van der Waals surface area contributed by atoms with E-state index in [9.17, 15) is 8.42 Å². The smallest absolute Gasteiger partial charge is 0.265 e. The van der Waals surface area contributed by atoms with Crippen LogP contribution in [0.3, 0.4) is 0 Å². The molecular weight excluding hydrogens is 312 g/mol. The molecule has 6 nitrogen and oxygen atoms in total. The zero-order chi connectivity index (χ0) is 16.4. The van der Waals surface area contributed by atoms with Crippen LogP contribution in [0.4, 0.5) is 5.69 Å². The van der Waals surface area contributed by atoms with Gasteiger partial charge in [0.2, 0.25) is 0 Å². The summed E-state index contributed by atoms with van der Waals surface area (Å²) in [5.74, 6) is 0. The lowest BCUT2D eigenvalue weighted by molar-refractivity contribution is 0.594. The van der Waals surface area contributed by atoms with Gasteiger partial charge in [0.05, 0.1) is 22.3 Å². The number of rotatable bonds is 3. The third kappa shape index (κ3) is 2.60. The molecule has 2 aromatic carbocycles. The van der Waals surface area contributed by atoms with E-state index in [1.54, 1.807) is 42.7 Å². The number of nitrogens with zero attached hydrogens (tertiary/aromatic N) is 4. The van der Waals surface area contributed by atoms with Gasteiger partial charge >= 0.3 is 0 Å². The fraction of sp³-hybridized carbons (Fsp3) is 0.0625. The summed E-state index contributed by atoms with van der Waals surface area (Å²) in [6.45, 7) is 0. The van der Waals surface area contributed by atoms with E-state index < -0.39 is 10.0 Å². The van der Waals surface area contributed by atoms with Crippen LogP contribution in [0.15, 0.2) is 59.8 Å². The summed E-state index contributed by atoms with van der Waals surface area (Å²) < 4.78 is 26.7. The first-order valence-electron chi connectivity index (χ1n) is 6.73. The maximum absolute atomic E-state index is 12.8. The summed E-state index contributed by atoms with van der Waals surface area (Å²) in [6.07, 6.45) is 3.12. The maximum Gasteiger partial charge on any atom is 0.265 e. The van der Waals surface area contributed by atoms with Crippen LogP contribution in [0.25, 0.3) is 11.0 Å². The molecule has 1 aromatic heterocycles. The number of anilines is 1. The molecule has 0 radical (unpaired) electrons. The lowest BCUT2D eigenvalue weighted by Crippen LogP contribution is -2.27. The first-order valence-corrected chi connectivity index (χ1v) is 8.17. The topological polar surface area (TPSA) is 87.0 Å². The fourth-order valence-corrected chi connectivity index (χ4v) is 3.55. The van der Waals surface area contributed by atoms with Crippen molar-refractivity contribution in [2.75, 3.05) is 11.4 Å². The molecule has 23 heavy (non-hydrogen) atoms. The number of hydrogen-bond acceptors (Lipinski definition) is 5. The van der Waals surface area contributed by atoms with Crippen LogP contribution in [0.1, 0.15) is 5.56 Å². The zero-order valence-electron chi connectivity index (χ0n) is 12.2. The molecule has 0 amide bonds. The molecule has 0 fully saturated rings. The third-order valence-electron chi connectivity index (χ3n) is 3.46. The van der Waals surface area contributed by atoms with E-state index in [1.807, 2.05) is 6.07 Å². The van der Waals surface area contributed by atoms with Crippen molar-refractivity contribution in [1.29, 1.82) is 5.26 Å². The molecule has 3 aromatic rings. The van der Waals surface area contributed by atoms with E-state index in [1.165, 1.54) is 19.2 Å². The molecule has 0 aliphatic carbocycles. The molecule has 0 aliphatic rings. The van der Waals surface area contributed by atoms with E-state index in [-0.39, 0.29) is 10.5 Å². The lowest BCUT2D eigenvalue weighted by atomic mass is 10.2. The van der Waals surface area contributed by atoms with Crippen molar-refractivity contribution in [3.8, 4) is 6.07 Å². The van der Waals surface area contributed by atoms with Crippen molar-refractivity contribution < 1.29 is 8.42 Å². The van der Waals surface area contributed by atoms with Crippen molar-refractivity contribution in [3.63, 3.8) is 0 Å². The highest BCUT2D eigenvalue weighted by Crippen LogP contribution is 2.26. The fourth-order valence-electron chi connectivity index (χ4n) is 2.22. The number of sulfonamides is 1. The van der Waals surface area contributed by atoms with Crippen molar-refractivity contribution >= 4 is 26.7 Å². The number of benzene rings is 2. The Kier molecular flexibility index (Phi) is 3.68. The molecule has 114 valence electrons. The molecular formula is C16H12N4O2S. The van der Waals surface area contributed by atoms with Gasteiger partial charge in [0.15, 0.2) is 0 Å². The van der Waals surface area contributed by atoms with Crippen molar-refractivity contribution in [3.05, 3.63) is 60.4 Å². The third-order valence-corrected chi connectivity index (χ3v) is 5.31. The van der Waals surface area contributed by atoms with E-state index in [0.717, 1.165) is 4.31 Å². The van der Waals surface area contributed by atoms with Crippen LogP contribution in [-0.2, 0) is 10.0 Å². The van der Waals surface area contributed by atoms with Crippen LogP contribution < -0.4 is 4.31 Å². The predicted molar refractivity (Wildman–Crippen MR) is 86.3 cm³/mol. The maximum atomic E-state index is 12.8. The SMILES string of the molecule is CN(c1ccc2nccnc2c1)S(=O)(=O)c1ccccc1C#N. The second-order valence-electron chi connectivity index (χ2n) is 4.81. The van der Waals surface area contributed by atoms with Gasteiger partial charge in [-0.05, 0) is 30.3 Å². The van der Waals surface area contributed by atoms with Gasteiger partial charge in [-0.25, -0.2) is 8.42 Å². The van der Waals surface area contributed by atoms with E-state index >= 15 is 0 Å². The highest BCUT2D eigenvalue weighted by molar-refractivity contribution is 7.92. The van der Waals surface area contributed by atoms with E-state index in [2.05, 4.69) is 9.97 Å². The lowest BCUT2D eigenvalue weighted by Gasteiger charge is -2.20. The Morgan fingerprint density at radius 1 is 1.04 bits per heavy atom. The second kappa shape index (κ2) is 5.66. The van der Waals surface area contributed by atoms with Crippen molar-refractivity contribution in [1.82, 2.24) is 9.97 Å². The average molecular weight is 324 g/mol. The first-order chi connectivity index (χ1) is 11.0. The van der Waals surface area contributed by atoms with Crippen molar-refractivity contribution in [2.45, 2.75) is 4.90 Å². The Hall–Kier alpha value is -2.98. The molecule has 0 N–H and O–H groups in total. The zero-order valence-corrected chi connectivity index (χ0v) is 13.0. The summed E-state index contributed by atoms with van der Waals surface area (Å²) in [5.41, 5.74) is 1.84. The number of nitriles is 1. The minimum Gasteiger partial charge on any atom is -0.269 e. The van der Waals surface area contributed by atoms with Gasteiger partial charge in [-0.2, -0.15) is 5.26 Å². The molecule has 7 heteroatoms. The van der Waals surface area contributed by atoms with E-state index in [4.69, 9.17) is 5.26 Å². The normalized spacial score (nSPS) is 11.1. The van der Waals surface area contributed by atoms with Gasteiger partial charge in [0.25, 0.3) is 10.0 Å². The number of aromatic nitrogens is 2. The van der Waals surface area contributed by atoms with Crippen LogP contribution in [-0.4, -0.2) is 25.4 Å². The monoisotopic (exact) mass is 324 g/mol. The molecule has 0 aliphatic heterocycles. The van der Waals surface area contributed by atoms with Gasteiger partial charge in [0, 0.05) is 19.4 Å². The van der Waals surface area contributed by atoms with Gasteiger partial charge < -0.3 is 0 Å². The van der Waals surface area contributed by atoms with Gasteiger partial charge in [-0.15, -0.1) is 0 Å². The molecule has 3 rings (SSSR count). The standard InChI is InChI=1S/C16H12N4O2S/c1-20(13-6-7-14-15(10-13)19-9-8-18-14)23(21,22)16-5-3-2-4-12(16)11-17/h2-10H,1H3. The summed E-state index contributed by atoms with van der Waals surface area (Å²) in [4.78, 5) is 8.31. The molecule has 0 atom stereocenters. The van der Waals surface area contributed by atoms with Crippen LogP contribution in [0, 0.1) is 11.3 Å². The Bertz CT molecular complexity index is 1030. The average Bonchev–Trinajstić information content (AvgIpc) is 2.60. The Labute approximate surface area is 133 Å². The Morgan fingerprint density at radius 3 is 2.48 bits per heavy atom. The summed E-state index contributed by atoms with van der Waals surface area (Å²) in [5, 5.41) is 9.12. The Morgan fingerprint density at radius 2 is 1.74 bits per heavy atom. The van der Waals surface area contributed by atoms with E-state index in [0.29, 0.717) is 16.7 Å². The van der Waals surface area contributed by atoms with Gasteiger partial charge in [-0.1, -0.05) is 12.1 Å². The largest absolute Gasteiger partial charge is 0.269 e. The van der Waals surface area contributed by atoms with Crippen molar-refractivity contribution in [2.24, 2.45) is 0 Å². The molecule has 0 unspecified atom stereocenters.